The van der Waals surface area contributed by atoms with Crippen molar-refractivity contribution >= 4 is 17.6 Å². The normalized spacial score (nSPS) is 13.0. The van der Waals surface area contributed by atoms with Gasteiger partial charge in [0.15, 0.2) is 5.96 Å². The Bertz CT molecular complexity index is 455. The molecule has 1 atom stereocenters. The summed E-state index contributed by atoms with van der Waals surface area (Å²) in [5.41, 5.74) is 1.04. The zero-order valence-corrected chi connectivity index (χ0v) is 14.3. The van der Waals surface area contributed by atoms with Gasteiger partial charge in [0.25, 0.3) is 0 Å². The molecule has 0 radical (unpaired) electrons. The van der Waals surface area contributed by atoms with Gasteiger partial charge in [0.1, 0.15) is 0 Å². The highest BCUT2D eigenvalue weighted by molar-refractivity contribution is 6.30. The molecule has 1 aromatic rings. The zero-order chi connectivity index (χ0) is 16.2. The molecule has 6 heteroatoms. The van der Waals surface area contributed by atoms with Gasteiger partial charge in [-0.2, -0.15) is 0 Å². The summed E-state index contributed by atoms with van der Waals surface area (Å²) in [6.45, 7) is 4.93. The Kier molecular flexibility index (Phi) is 9.62. The first-order valence-electron chi connectivity index (χ1n) is 7.51. The Morgan fingerprint density at radius 3 is 2.82 bits per heavy atom. The van der Waals surface area contributed by atoms with Gasteiger partial charge in [-0.25, -0.2) is 0 Å². The number of methoxy groups -OCH3 is 1. The van der Waals surface area contributed by atoms with Crippen molar-refractivity contribution in [2.75, 3.05) is 40.5 Å². The number of nitrogens with zero attached hydrogens (tertiary/aromatic N) is 1. The van der Waals surface area contributed by atoms with E-state index in [4.69, 9.17) is 21.1 Å². The van der Waals surface area contributed by atoms with E-state index in [9.17, 15) is 0 Å². The molecule has 0 bridgehead atoms. The number of benzene rings is 1. The zero-order valence-electron chi connectivity index (χ0n) is 13.6. The van der Waals surface area contributed by atoms with E-state index in [0.29, 0.717) is 11.6 Å². The lowest BCUT2D eigenvalue weighted by Gasteiger charge is -2.19. The Hall–Kier alpha value is -1.30. The molecular formula is C16H26ClN3O2. The Labute approximate surface area is 138 Å². The van der Waals surface area contributed by atoms with Gasteiger partial charge in [0, 0.05) is 45.5 Å². The highest BCUT2D eigenvalue weighted by atomic mass is 35.5. The van der Waals surface area contributed by atoms with Crippen LogP contribution in [0.2, 0.25) is 5.02 Å². The fourth-order valence-corrected chi connectivity index (χ4v) is 2.18. The SMILES string of the molecule is CCOCCCNC(=NC)NCC(OC)c1cccc(Cl)c1. The summed E-state index contributed by atoms with van der Waals surface area (Å²) in [6, 6.07) is 7.68. The lowest BCUT2D eigenvalue weighted by Crippen LogP contribution is -2.40. The van der Waals surface area contributed by atoms with E-state index in [1.807, 2.05) is 31.2 Å². The van der Waals surface area contributed by atoms with Crippen LogP contribution in [-0.2, 0) is 9.47 Å². The lowest BCUT2D eigenvalue weighted by molar-refractivity contribution is 0.106. The number of aliphatic imine (C=N–C) groups is 1. The third-order valence-electron chi connectivity index (χ3n) is 3.15. The molecule has 1 rings (SSSR count). The van der Waals surface area contributed by atoms with Crippen LogP contribution in [0.25, 0.3) is 0 Å². The average molecular weight is 328 g/mol. The molecule has 0 fully saturated rings. The third kappa shape index (κ3) is 7.11. The van der Waals surface area contributed by atoms with Crippen molar-refractivity contribution in [1.29, 1.82) is 0 Å². The molecular weight excluding hydrogens is 302 g/mol. The van der Waals surface area contributed by atoms with Crippen LogP contribution in [0, 0.1) is 0 Å². The first kappa shape index (κ1) is 18.7. The fourth-order valence-electron chi connectivity index (χ4n) is 1.98. The molecule has 0 heterocycles. The molecule has 2 N–H and O–H groups in total. The number of halogens is 1. The van der Waals surface area contributed by atoms with Crippen molar-refractivity contribution in [1.82, 2.24) is 10.6 Å². The van der Waals surface area contributed by atoms with Gasteiger partial charge in [0.2, 0.25) is 0 Å². The number of ether oxygens (including phenoxy) is 2. The molecule has 5 nitrogen and oxygen atoms in total. The first-order chi connectivity index (χ1) is 10.7. The van der Waals surface area contributed by atoms with Gasteiger partial charge in [0.05, 0.1) is 6.10 Å². The summed E-state index contributed by atoms with van der Waals surface area (Å²) in [5, 5.41) is 7.21. The fraction of sp³-hybridized carbons (Fsp3) is 0.562. The van der Waals surface area contributed by atoms with Gasteiger partial charge >= 0.3 is 0 Å². The van der Waals surface area contributed by atoms with E-state index < -0.39 is 0 Å². The molecule has 0 amide bonds. The molecule has 0 saturated carbocycles. The molecule has 124 valence electrons. The van der Waals surface area contributed by atoms with Crippen LogP contribution >= 0.6 is 11.6 Å². The predicted molar refractivity (Wildman–Crippen MR) is 91.7 cm³/mol. The maximum absolute atomic E-state index is 6.02. The van der Waals surface area contributed by atoms with Crippen molar-refractivity contribution in [3.8, 4) is 0 Å². The summed E-state index contributed by atoms with van der Waals surface area (Å²) in [4.78, 5) is 4.20. The van der Waals surface area contributed by atoms with Crippen LogP contribution in [0.1, 0.15) is 25.0 Å². The molecule has 22 heavy (non-hydrogen) atoms. The monoisotopic (exact) mass is 327 g/mol. The van der Waals surface area contributed by atoms with Gasteiger partial charge < -0.3 is 20.1 Å². The second-order valence-electron chi connectivity index (χ2n) is 4.71. The Morgan fingerprint density at radius 2 is 2.18 bits per heavy atom. The summed E-state index contributed by atoms with van der Waals surface area (Å²) in [5.74, 6) is 0.751. The van der Waals surface area contributed by atoms with Crippen LogP contribution < -0.4 is 10.6 Å². The van der Waals surface area contributed by atoms with Gasteiger partial charge in [-0.3, -0.25) is 4.99 Å². The average Bonchev–Trinajstić information content (AvgIpc) is 2.53. The second kappa shape index (κ2) is 11.3. The van der Waals surface area contributed by atoms with E-state index in [1.54, 1.807) is 14.2 Å². The Balaban J connectivity index is 2.40. The minimum Gasteiger partial charge on any atom is -0.382 e. The lowest BCUT2D eigenvalue weighted by atomic mass is 10.1. The van der Waals surface area contributed by atoms with Crippen LogP contribution in [0.15, 0.2) is 29.3 Å². The number of guanidine groups is 1. The number of hydrogen-bond acceptors (Lipinski definition) is 3. The van der Waals surface area contributed by atoms with Crippen molar-refractivity contribution in [2.24, 2.45) is 4.99 Å². The minimum atomic E-state index is -0.0827. The van der Waals surface area contributed by atoms with Crippen LogP contribution in [0.3, 0.4) is 0 Å². The molecule has 1 aromatic carbocycles. The third-order valence-corrected chi connectivity index (χ3v) is 3.38. The summed E-state index contributed by atoms with van der Waals surface area (Å²) in [7, 11) is 3.44. The topological polar surface area (TPSA) is 54.9 Å². The largest absolute Gasteiger partial charge is 0.382 e. The molecule has 0 aromatic heterocycles. The maximum Gasteiger partial charge on any atom is 0.191 e. The van der Waals surface area contributed by atoms with Crippen molar-refractivity contribution in [2.45, 2.75) is 19.4 Å². The highest BCUT2D eigenvalue weighted by Crippen LogP contribution is 2.19. The smallest absolute Gasteiger partial charge is 0.191 e. The van der Waals surface area contributed by atoms with Gasteiger partial charge in [-0.05, 0) is 31.0 Å². The molecule has 0 aliphatic carbocycles. The van der Waals surface area contributed by atoms with Crippen molar-refractivity contribution < 1.29 is 9.47 Å². The van der Waals surface area contributed by atoms with E-state index >= 15 is 0 Å². The Morgan fingerprint density at radius 1 is 1.36 bits per heavy atom. The minimum absolute atomic E-state index is 0.0827. The van der Waals surface area contributed by atoms with E-state index in [1.165, 1.54) is 0 Å². The quantitative estimate of drug-likeness (QED) is 0.416. The predicted octanol–water partition coefficient (Wildman–Crippen LogP) is 2.62. The maximum atomic E-state index is 6.02. The highest BCUT2D eigenvalue weighted by Gasteiger charge is 2.11. The molecule has 0 aliphatic rings. The second-order valence-corrected chi connectivity index (χ2v) is 5.15. The van der Waals surface area contributed by atoms with E-state index in [-0.39, 0.29) is 6.10 Å². The number of rotatable bonds is 9. The molecule has 0 spiro atoms. The van der Waals surface area contributed by atoms with Crippen molar-refractivity contribution in [3.63, 3.8) is 0 Å². The number of hydrogen-bond donors (Lipinski definition) is 2. The number of nitrogens with one attached hydrogen (secondary N) is 2. The van der Waals surface area contributed by atoms with Crippen molar-refractivity contribution in [3.05, 3.63) is 34.9 Å². The molecule has 1 unspecified atom stereocenters. The van der Waals surface area contributed by atoms with Crippen LogP contribution in [0.5, 0.6) is 0 Å². The van der Waals surface area contributed by atoms with Gasteiger partial charge in [-0.1, -0.05) is 23.7 Å². The first-order valence-corrected chi connectivity index (χ1v) is 7.89. The van der Waals surface area contributed by atoms with Gasteiger partial charge in [-0.15, -0.1) is 0 Å². The van der Waals surface area contributed by atoms with Crippen LogP contribution in [0.4, 0.5) is 0 Å². The summed E-state index contributed by atoms with van der Waals surface area (Å²) < 4.78 is 10.8. The standard InChI is InChI=1S/C16H26ClN3O2/c1-4-22-10-6-9-19-16(18-2)20-12-15(21-3)13-7-5-8-14(17)11-13/h5,7-8,11,15H,4,6,9-10,12H2,1-3H3,(H2,18,19,20). The summed E-state index contributed by atoms with van der Waals surface area (Å²) in [6.07, 6.45) is 0.858. The van der Waals surface area contributed by atoms with E-state index in [0.717, 1.165) is 37.7 Å². The summed E-state index contributed by atoms with van der Waals surface area (Å²) >= 11 is 6.02. The molecule has 0 saturated heterocycles. The van der Waals surface area contributed by atoms with Crippen LogP contribution in [-0.4, -0.2) is 46.4 Å². The molecule has 0 aliphatic heterocycles. The van der Waals surface area contributed by atoms with E-state index in [2.05, 4.69) is 15.6 Å².